The standard InChI is InChI=1S/C15H12N2OS/c1-18-10-4-2-9(3-5-10)14-12-8-13-11(6-7-19-13)15(12)17-16-14/h2-7H,8H2,1H3,(H,16,17). The van der Waals surface area contributed by atoms with Crippen LogP contribution in [0.4, 0.5) is 0 Å². The van der Waals surface area contributed by atoms with Gasteiger partial charge in [-0.05, 0) is 35.7 Å². The molecular weight excluding hydrogens is 256 g/mol. The lowest BCUT2D eigenvalue weighted by Crippen LogP contribution is -1.86. The molecule has 3 aromatic rings. The van der Waals surface area contributed by atoms with E-state index in [1.807, 2.05) is 23.5 Å². The zero-order valence-electron chi connectivity index (χ0n) is 10.4. The SMILES string of the molecule is COc1ccc(-c2n[nH]c3c2Cc2sccc2-3)cc1. The molecule has 1 aliphatic rings. The van der Waals surface area contributed by atoms with Gasteiger partial charge in [-0.15, -0.1) is 11.3 Å². The number of thiophene rings is 1. The van der Waals surface area contributed by atoms with E-state index in [2.05, 4.69) is 33.8 Å². The Labute approximate surface area is 114 Å². The predicted molar refractivity (Wildman–Crippen MR) is 76.7 cm³/mol. The third-order valence-electron chi connectivity index (χ3n) is 3.58. The van der Waals surface area contributed by atoms with Crippen LogP contribution in [0.3, 0.4) is 0 Å². The summed E-state index contributed by atoms with van der Waals surface area (Å²) in [6, 6.07) is 10.2. The summed E-state index contributed by atoms with van der Waals surface area (Å²) in [4.78, 5) is 1.43. The second-order valence-corrected chi connectivity index (χ2v) is 5.59. The van der Waals surface area contributed by atoms with Crippen LogP contribution in [0, 0.1) is 0 Å². The van der Waals surface area contributed by atoms with Gasteiger partial charge in [0.15, 0.2) is 0 Å². The fourth-order valence-corrected chi connectivity index (χ4v) is 3.50. The second kappa shape index (κ2) is 3.96. The summed E-state index contributed by atoms with van der Waals surface area (Å²) >= 11 is 1.82. The molecule has 0 radical (unpaired) electrons. The third kappa shape index (κ3) is 1.53. The summed E-state index contributed by atoms with van der Waals surface area (Å²) in [5.74, 6) is 0.870. The molecule has 1 aromatic carbocycles. The van der Waals surface area contributed by atoms with E-state index in [0.717, 1.165) is 23.4 Å². The molecule has 2 heterocycles. The zero-order chi connectivity index (χ0) is 12.8. The summed E-state index contributed by atoms with van der Waals surface area (Å²) in [5.41, 5.74) is 6.00. The van der Waals surface area contributed by atoms with Gasteiger partial charge in [-0.25, -0.2) is 0 Å². The first-order chi connectivity index (χ1) is 9.36. The Kier molecular flexibility index (Phi) is 2.26. The largest absolute Gasteiger partial charge is 0.497 e. The van der Waals surface area contributed by atoms with E-state index in [1.165, 1.54) is 21.7 Å². The molecule has 0 saturated carbocycles. The number of fused-ring (bicyclic) bond motifs is 3. The van der Waals surface area contributed by atoms with Gasteiger partial charge in [-0.1, -0.05) is 0 Å². The maximum atomic E-state index is 5.19. The number of hydrogen-bond donors (Lipinski definition) is 1. The highest BCUT2D eigenvalue weighted by Gasteiger charge is 2.25. The molecule has 0 fully saturated rings. The van der Waals surface area contributed by atoms with Crippen LogP contribution in [0.25, 0.3) is 22.5 Å². The van der Waals surface area contributed by atoms with Crippen LogP contribution in [0.15, 0.2) is 35.7 Å². The minimum atomic E-state index is 0.870. The molecule has 19 heavy (non-hydrogen) atoms. The summed E-state index contributed by atoms with van der Waals surface area (Å²) in [7, 11) is 1.68. The molecule has 0 atom stereocenters. The molecule has 4 rings (SSSR count). The Balaban J connectivity index is 1.80. The van der Waals surface area contributed by atoms with E-state index in [1.54, 1.807) is 7.11 Å². The lowest BCUT2D eigenvalue weighted by atomic mass is 10.1. The van der Waals surface area contributed by atoms with Crippen LogP contribution in [-0.4, -0.2) is 17.3 Å². The Morgan fingerprint density at radius 2 is 2.05 bits per heavy atom. The molecule has 94 valence electrons. The average Bonchev–Trinajstić information content (AvgIpc) is 3.10. The minimum Gasteiger partial charge on any atom is -0.497 e. The van der Waals surface area contributed by atoms with Crippen molar-refractivity contribution in [1.29, 1.82) is 0 Å². The minimum absolute atomic E-state index is 0.870. The van der Waals surface area contributed by atoms with Crippen molar-refractivity contribution in [2.24, 2.45) is 0 Å². The molecule has 0 amide bonds. The van der Waals surface area contributed by atoms with E-state index in [0.29, 0.717) is 0 Å². The fourth-order valence-electron chi connectivity index (χ4n) is 2.61. The highest BCUT2D eigenvalue weighted by molar-refractivity contribution is 7.10. The third-order valence-corrected chi connectivity index (χ3v) is 4.50. The van der Waals surface area contributed by atoms with Crippen molar-refractivity contribution in [2.75, 3.05) is 7.11 Å². The Hall–Kier alpha value is -2.07. The van der Waals surface area contributed by atoms with E-state index in [-0.39, 0.29) is 0 Å². The maximum Gasteiger partial charge on any atom is 0.118 e. The van der Waals surface area contributed by atoms with Crippen molar-refractivity contribution in [3.63, 3.8) is 0 Å². The average molecular weight is 268 g/mol. The Bertz CT molecular complexity index is 740. The number of aromatic nitrogens is 2. The van der Waals surface area contributed by atoms with Crippen LogP contribution >= 0.6 is 11.3 Å². The van der Waals surface area contributed by atoms with Crippen LogP contribution < -0.4 is 4.74 Å². The molecule has 0 spiro atoms. The highest BCUT2D eigenvalue weighted by atomic mass is 32.1. The topological polar surface area (TPSA) is 37.9 Å². The number of hydrogen-bond acceptors (Lipinski definition) is 3. The zero-order valence-corrected chi connectivity index (χ0v) is 11.3. The molecule has 2 aromatic heterocycles. The lowest BCUT2D eigenvalue weighted by molar-refractivity contribution is 0.415. The van der Waals surface area contributed by atoms with Crippen molar-refractivity contribution in [3.8, 4) is 28.3 Å². The first-order valence-corrected chi connectivity index (χ1v) is 7.03. The van der Waals surface area contributed by atoms with Crippen molar-refractivity contribution in [2.45, 2.75) is 6.42 Å². The molecule has 3 nitrogen and oxygen atoms in total. The van der Waals surface area contributed by atoms with Crippen LogP contribution in [-0.2, 0) is 6.42 Å². The molecule has 0 bridgehead atoms. The highest BCUT2D eigenvalue weighted by Crippen LogP contribution is 2.42. The predicted octanol–water partition coefficient (Wildman–Crippen LogP) is 3.72. The van der Waals surface area contributed by atoms with Crippen LogP contribution in [0.1, 0.15) is 10.4 Å². The number of benzene rings is 1. The first-order valence-electron chi connectivity index (χ1n) is 6.15. The number of H-pyrrole nitrogens is 1. The van der Waals surface area contributed by atoms with Gasteiger partial charge in [-0.2, -0.15) is 5.10 Å². The van der Waals surface area contributed by atoms with Crippen molar-refractivity contribution in [3.05, 3.63) is 46.2 Å². The normalized spacial score (nSPS) is 12.3. The van der Waals surface area contributed by atoms with Gasteiger partial charge in [0, 0.05) is 28.0 Å². The first kappa shape index (κ1) is 10.8. The van der Waals surface area contributed by atoms with Gasteiger partial charge in [0.1, 0.15) is 5.75 Å². The summed E-state index contributed by atoms with van der Waals surface area (Å²) in [6.45, 7) is 0. The molecule has 1 aliphatic carbocycles. The molecule has 0 unspecified atom stereocenters. The molecule has 1 N–H and O–H groups in total. The number of rotatable bonds is 2. The van der Waals surface area contributed by atoms with E-state index >= 15 is 0 Å². The Morgan fingerprint density at radius 1 is 1.21 bits per heavy atom. The monoisotopic (exact) mass is 268 g/mol. The van der Waals surface area contributed by atoms with Gasteiger partial charge >= 0.3 is 0 Å². The van der Waals surface area contributed by atoms with Crippen LogP contribution in [0.5, 0.6) is 5.75 Å². The summed E-state index contributed by atoms with van der Waals surface area (Å²) in [5, 5.41) is 9.80. The molecule has 0 aliphatic heterocycles. The molecule has 4 heteroatoms. The quantitative estimate of drug-likeness (QED) is 0.601. The smallest absolute Gasteiger partial charge is 0.118 e. The van der Waals surface area contributed by atoms with Gasteiger partial charge < -0.3 is 4.74 Å². The number of nitrogens with zero attached hydrogens (tertiary/aromatic N) is 1. The second-order valence-electron chi connectivity index (χ2n) is 4.59. The number of ether oxygens (including phenoxy) is 1. The van der Waals surface area contributed by atoms with Gasteiger partial charge in [0.2, 0.25) is 0 Å². The van der Waals surface area contributed by atoms with Gasteiger partial charge in [0.25, 0.3) is 0 Å². The number of methoxy groups -OCH3 is 1. The maximum absolute atomic E-state index is 5.19. The van der Waals surface area contributed by atoms with Crippen molar-refractivity contribution >= 4 is 11.3 Å². The fraction of sp³-hybridized carbons (Fsp3) is 0.133. The van der Waals surface area contributed by atoms with E-state index < -0.39 is 0 Å². The molecular formula is C15H12N2OS. The Morgan fingerprint density at radius 3 is 2.84 bits per heavy atom. The van der Waals surface area contributed by atoms with Gasteiger partial charge in [0.05, 0.1) is 18.5 Å². The van der Waals surface area contributed by atoms with Gasteiger partial charge in [-0.3, -0.25) is 5.10 Å². The number of aromatic amines is 1. The van der Waals surface area contributed by atoms with E-state index in [4.69, 9.17) is 4.74 Å². The number of nitrogens with one attached hydrogen (secondary N) is 1. The molecule has 0 saturated heterocycles. The van der Waals surface area contributed by atoms with E-state index in [9.17, 15) is 0 Å². The van der Waals surface area contributed by atoms with Crippen LogP contribution in [0.2, 0.25) is 0 Å². The van der Waals surface area contributed by atoms with Crippen molar-refractivity contribution < 1.29 is 4.74 Å². The summed E-state index contributed by atoms with van der Waals surface area (Å²) < 4.78 is 5.19. The van der Waals surface area contributed by atoms with Crippen molar-refractivity contribution in [1.82, 2.24) is 10.2 Å². The summed E-state index contributed by atoms with van der Waals surface area (Å²) in [6.07, 6.45) is 0.986. The lowest BCUT2D eigenvalue weighted by Gasteiger charge is -2.02.